The first-order valence-electron chi connectivity index (χ1n) is 7.93. The van der Waals surface area contributed by atoms with Gasteiger partial charge in [0, 0.05) is 23.1 Å². The van der Waals surface area contributed by atoms with Crippen LogP contribution in [-0.4, -0.2) is 62.5 Å². The molecular formula is C16H17N3O6S2. The molecule has 0 spiro atoms. The van der Waals surface area contributed by atoms with Gasteiger partial charge in [0.05, 0.1) is 6.42 Å². The Kier molecular flexibility index (Phi) is 5.53. The minimum atomic E-state index is -1.29. The first kappa shape index (κ1) is 19.4. The van der Waals surface area contributed by atoms with Crippen LogP contribution in [0.3, 0.4) is 0 Å². The van der Waals surface area contributed by atoms with Gasteiger partial charge in [0.1, 0.15) is 17.7 Å². The lowest BCUT2D eigenvalue weighted by Gasteiger charge is -2.51. The Bertz CT molecular complexity index is 822. The molecule has 27 heavy (non-hydrogen) atoms. The highest BCUT2D eigenvalue weighted by Crippen LogP contribution is 2.42. The summed E-state index contributed by atoms with van der Waals surface area (Å²) in [6.45, 7) is 1.02. The third-order valence-corrected chi connectivity index (χ3v) is 6.37. The fourth-order valence-electron chi connectivity index (χ4n) is 2.89. The van der Waals surface area contributed by atoms with Crippen molar-refractivity contribution in [1.29, 1.82) is 0 Å². The Morgan fingerprint density at radius 3 is 2.78 bits per heavy atom. The van der Waals surface area contributed by atoms with Crippen molar-refractivity contribution in [2.75, 3.05) is 12.4 Å². The number of hydrogen-bond acceptors (Lipinski definition) is 8. The number of nitrogens with two attached hydrogens (primary N) is 1. The smallest absolute Gasteiger partial charge is 0.352 e. The maximum atomic E-state index is 12.6. The number of rotatable bonds is 6. The van der Waals surface area contributed by atoms with Crippen LogP contribution in [0.2, 0.25) is 0 Å². The number of β-lactam (4-membered cyclic amide) rings is 1. The first-order valence-corrected chi connectivity index (χ1v) is 9.86. The first-order chi connectivity index (χ1) is 12.8. The molecule has 2 aliphatic rings. The van der Waals surface area contributed by atoms with Crippen molar-refractivity contribution < 1.29 is 29.0 Å². The zero-order valence-corrected chi connectivity index (χ0v) is 15.9. The highest BCUT2D eigenvalue weighted by Gasteiger charge is 2.56. The number of carboxylic acids is 1. The predicted octanol–water partition coefficient (Wildman–Crippen LogP) is 0.178. The number of hydrazine groups is 1. The van der Waals surface area contributed by atoms with E-state index in [0.717, 1.165) is 14.8 Å². The molecule has 3 rings (SSSR count). The highest BCUT2D eigenvalue weighted by atomic mass is 32.2. The molecule has 1 saturated heterocycles. The number of aliphatic carboxylic acids is 1. The number of thiophene rings is 1. The van der Waals surface area contributed by atoms with Crippen molar-refractivity contribution in [2.45, 2.75) is 24.8 Å². The summed E-state index contributed by atoms with van der Waals surface area (Å²) in [6, 6.07) is 2.69. The molecule has 3 heterocycles. The number of amides is 2. The molecule has 0 bridgehead atoms. The number of carbonyl (C=O) groups excluding carboxylic acids is 3. The van der Waals surface area contributed by atoms with Gasteiger partial charge in [0.2, 0.25) is 5.91 Å². The molecule has 9 nitrogen and oxygen atoms in total. The number of nitrogens with zero attached hydrogens (tertiary/aromatic N) is 2. The van der Waals surface area contributed by atoms with Gasteiger partial charge < -0.3 is 9.84 Å². The molecule has 1 unspecified atom stereocenters. The Hall–Kier alpha value is -2.37. The van der Waals surface area contributed by atoms with Crippen LogP contribution in [0.15, 0.2) is 28.8 Å². The molecule has 2 amide bonds. The lowest BCUT2D eigenvalue weighted by molar-refractivity contribution is -0.160. The van der Waals surface area contributed by atoms with Crippen molar-refractivity contribution >= 4 is 46.9 Å². The van der Waals surface area contributed by atoms with Gasteiger partial charge in [-0.15, -0.1) is 23.1 Å². The van der Waals surface area contributed by atoms with Crippen LogP contribution in [0.1, 0.15) is 11.8 Å². The second-order valence-corrected chi connectivity index (χ2v) is 8.09. The molecule has 1 aromatic heterocycles. The predicted molar refractivity (Wildman–Crippen MR) is 97.2 cm³/mol. The molecule has 2 aliphatic heterocycles. The summed E-state index contributed by atoms with van der Waals surface area (Å²) in [5.41, 5.74) is 0.125. The third-order valence-electron chi connectivity index (χ3n) is 4.16. The van der Waals surface area contributed by atoms with E-state index in [0.29, 0.717) is 5.57 Å². The number of carbonyl (C=O) groups is 4. The summed E-state index contributed by atoms with van der Waals surface area (Å²) >= 11 is 2.69. The minimum Gasteiger partial charge on any atom is -0.477 e. The van der Waals surface area contributed by atoms with E-state index in [1.54, 1.807) is 6.07 Å². The Morgan fingerprint density at radius 1 is 1.44 bits per heavy atom. The van der Waals surface area contributed by atoms with Gasteiger partial charge in [-0.05, 0) is 11.4 Å². The number of ether oxygens (including phenoxy) is 1. The quantitative estimate of drug-likeness (QED) is 0.223. The number of carboxylic acid groups (broad SMARTS) is 1. The zero-order chi connectivity index (χ0) is 19.7. The Balaban J connectivity index is 1.75. The summed E-state index contributed by atoms with van der Waals surface area (Å²) in [6.07, 6.45) is 0.0780. The van der Waals surface area contributed by atoms with Gasteiger partial charge in [-0.25, -0.2) is 10.6 Å². The standard InChI is InChI=1S/C16H17N3O6S2/c1-8(20)25-6-9-7-27-15-13(14(22)18(15)12(9)16(23)24)19(17)11(21)5-10-3-2-4-26-10/h2-4,13,15H,5-7,17H2,1H3,(H,23,24)/t13?,15-/m1/s1. The molecule has 0 aliphatic carbocycles. The molecule has 144 valence electrons. The SMILES string of the molecule is CC(=O)OCC1=C(C(=O)O)N2C(=O)C(N(N)C(=O)Cc3cccs3)[C@H]2SC1. The lowest BCUT2D eigenvalue weighted by atomic mass is 10.0. The van der Waals surface area contributed by atoms with Gasteiger partial charge in [-0.2, -0.15) is 0 Å². The molecule has 0 saturated carbocycles. The average Bonchev–Trinajstić information content (AvgIpc) is 3.11. The van der Waals surface area contributed by atoms with E-state index in [-0.39, 0.29) is 24.5 Å². The van der Waals surface area contributed by atoms with E-state index >= 15 is 0 Å². The summed E-state index contributed by atoms with van der Waals surface area (Å²) in [4.78, 5) is 49.5. The summed E-state index contributed by atoms with van der Waals surface area (Å²) in [7, 11) is 0. The number of fused-ring (bicyclic) bond motifs is 1. The van der Waals surface area contributed by atoms with Crippen LogP contribution in [0, 0.1) is 0 Å². The van der Waals surface area contributed by atoms with Crippen molar-refractivity contribution in [3.05, 3.63) is 33.7 Å². The summed E-state index contributed by atoms with van der Waals surface area (Å²) < 4.78 is 4.88. The van der Waals surface area contributed by atoms with E-state index in [2.05, 4.69) is 0 Å². The monoisotopic (exact) mass is 411 g/mol. The third kappa shape index (κ3) is 3.70. The van der Waals surface area contributed by atoms with Gasteiger partial charge in [0.15, 0.2) is 6.04 Å². The topological polar surface area (TPSA) is 130 Å². The number of thioether (sulfide) groups is 1. The van der Waals surface area contributed by atoms with Crippen molar-refractivity contribution in [1.82, 2.24) is 9.91 Å². The normalized spacial score (nSPS) is 21.4. The number of hydrogen-bond donors (Lipinski definition) is 2. The van der Waals surface area contributed by atoms with Crippen LogP contribution in [-0.2, 0) is 30.3 Å². The van der Waals surface area contributed by atoms with Crippen LogP contribution in [0.25, 0.3) is 0 Å². The summed E-state index contributed by atoms with van der Waals surface area (Å²) in [5, 5.41) is 11.7. The summed E-state index contributed by atoms with van der Waals surface area (Å²) in [5.74, 6) is 3.33. The van der Waals surface area contributed by atoms with E-state index in [1.807, 2.05) is 11.4 Å². The van der Waals surface area contributed by atoms with Gasteiger partial charge in [0.25, 0.3) is 5.91 Å². The second-order valence-electron chi connectivity index (χ2n) is 5.95. The van der Waals surface area contributed by atoms with Crippen molar-refractivity contribution in [3.63, 3.8) is 0 Å². The zero-order valence-electron chi connectivity index (χ0n) is 14.3. The van der Waals surface area contributed by atoms with Crippen molar-refractivity contribution in [2.24, 2.45) is 5.84 Å². The molecule has 11 heteroatoms. The maximum Gasteiger partial charge on any atom is 0.352 e. The minimum absolute atomic E-state index is 0.0780. The molecule has 0 aromatic carbocycles. The lowest BCUT2D eigenvalue weighted by Crippen LogP contribution is -2.73. The van der Waals surface area contributed by atoms with Crippen LogP contribution in [0.4, 0.5) is 0 Å². The highest BCUT2D eigenvalue weighted by molar-refractivity contribution is 8.00. The van der Waals surface area contributed by atoms with E-state index < -0.39 is 35.2 Å². The van der Waals surface area contributed by atoms with Crippen LogP contribution >= 0.6 is 23.1 Å². The van der Waals surface area contributed by atoms with Crippen LogP contribution < -0.4 is 5.84 Å². The van der Waals surface area contributed by atoms with Crippen molar-refractivity contribution in [3.8, 4) is 0 Å². The Labute approximate surface area is 162 Å². The van der Waals surface area contributed by atoms with Gasteiger partial charge in [-0.1, -0.05) is 6.07 Å². The fourth-order valence-corrected chi connectivity index (χ4v) is 4.97. The van der Waals surface area contributed by atoms with E-state index in [1.165, 1.54) is 30.0 Å². The largest absolute Gasteiger partial charge is 0.477 e. The van der Waals surface area contributed by atoms with Gasteiger partial charge in [-0.3, -0.25) is 24.3 Å². The van der Waals surface area contributed by atoms with Gasteiger partial charge >= 0.3 is 11.9 Å². The molecule has 2 atom stereocenters. The average molecular weight is 411 g/mol. The molecule has 3 N–H and O–H groups in total. The fraction of sp³-hybridized carbons (Fsp3) is 0.375. The molecule has 0 radical (unpaired) electrons. The van der Waals surface area contributed by atoms with Crippen LogP contribution in [0.5, 0.6) is 0 Å². The molecule has 1 aromatic rings. The Morgan fingerprint density at radius 2 is 2.19 bits per heavy atom. The molecular weight excluding hydrogens is 394 g/mol. The number of esters is 1. The second kappa shape index (κ2) is 7.71. The van der Waals surface area contributed by atoms with E-state index in [9.17, 15) is 24.3 Å². The van der Waals surface area contributed by atoms with E-state index in [4.69, 9.17) is 10.6 Å². The maximum absolute atomic E-state index is 12.6. The molecule has 1 fully saturated rings.